The molecule has 0 aromatic heterocycles. The summed E-state index contributed by atoms with van der Waals surface area (Å²) in [5.74, 6) is 1.52. The van der Waals surface area contributed by atoms with Gasteiger partial charge in [-0.05, 0) is 30.7 Å². The molecule has 4 nitrogen and oxygen atoms in total. The van der Waals surface area contributed by atoms with E-state index in [0.717, 1.165) is 18.6 Å². The molecule has 0 aliphatic heterocycles. The minimum atomic E-state index is -0.412. The van der Waals surface area contributed by atoms with E-state index in [4.69, 9.17) is 4.74 Å². The Morgan fingerprint density at radius 3 is 2.41 bits per heavy atom. The first kappa shape index (κ1) is 12.2. The standard InChI is InChI=1S/C12H15NO3S/c14-13(15)10-2-4-11(5-3-10)16-8-12(9-17)6-1-7-12/h2-5,17H,1,6-9H2. The van der Waals surface area contributed by atoms with E-state index < -0.39 is 4.92 Å². The summed E-state index contributed by atoms with van der Waals surface area (Å²) >= 11 is 4.35. The quantitative estimate of drug-likeness (QED) is 0.498. The number of hydrogen-bond acceptors (Lipinski definition) is 4. The predicted octanol–water partition coefficient (Wildman–Crippen LogP) is 3.07. The molecular weight excluding hydrogens is 238 g/mol. The molecule has 92 valence electrons. The average Bonchev–Trinajstić information content (AvgIpc) is 2.29. The number of thiol groups is 1. The Labute approximate surface area is 106 Å². The van der Waals surface area contributed by atoms with E-state index in [2.05, 4.69) is 12.6 Å². The third-order valence-electron chi connectivity index (χ3n) is 3.34. The van der Waals surface area contributed by atoms with Crippen molar-refractivity contribution in [2.24, 2.45) is 5.41 Å². The lowest BCUT2D eigenvalue weighted by molar-refractivity contribution is -0.384. The molecule has 5 heteroatoms. The van der Waals surface area contributed by atoms with Crippen LogP contribution in [0.5, 0.6) is 5.75 Å². The van der Waals surface area contributed by atoms with Crippen LogP contribution in [0.4, 0.5) is 5.69 Å². The van der Waals surface area contributed by atoms with Crippen molar-refractivity contribution in [2.45, 2.75) is 19.3 Å². The number of hydrogen-bond donors (Lipinski definition) is 1. The van der Waals surface area contributed by atoms with Crippen molar-refractivity contribution >= 4 is 18.3 Å². The highest BCUT2D eigenvalue weighted by Gasteiger charge is 2.36. The Kier molecular flexibility index (Phi) is 3.57. The van der Waals surface area contributed by atoms with Gasteiger partial charge in [0.15, 0.2) is 0 Å². The van der Waals surface area contributed by atoms with Crippen LogP contribution in [-0.4, -0.2) is 17.3 Å². The topological polar surface area (TPSA) is 52.4 Å². The molecule has 0 spiro atoms. The molecule has 0 heterocycles. The summed E-state index contributed by atoms with van der Waals surface area (Å²) in [6.45, 7) is 0.647. The number of rotatable bonds is 5. The molecule has 1 saturated carbocycles. The Balaban J connectivity index is 1.93. The van der Waals surface area contributed by atoms with Gasteiger partial charge < -0.3 is 4.74 Å². The van der Waals surface area contributed by atoms with Crippen molar-refractivity contribution in [1.29, 1.82) is 0 Å². The zero-order valence-electron chi connectivity index (χ0n) is 9.46. The van der Waals surface area contributed by atoms with Crippen molar-refractivity contribution in [2.75, 3.05) is 12.4 Å². The Morgan fingerprint density at radius 1 is 1.35 bits per heavy atom. The first-order chi connectivity index (χ1) is 8.15. The predicted molar refractivity (Wildman–Crippen MR) is 68.7 cm³/mol. The van der Waals surface area contributed by atoms with Crippen LogP contribution >= 0.6 is 12.6 Å². The second-order valence-electron chi connectivity index (χ2n) is 4.55. The summed E-state index contributed by atoms with van der Waals surface area (Å²) in [4.78, 5) is 10.1. The molecule has 0 saturated heterocycles. The normalized spacial score (nSPS) is 17.2. The molecule has 1 aliphatic carbocycles. The van der Waals surface area contributed by atoms with E-state index in [-0.39, 0.29) is 11.1 Å². The molecule has 2 rings (SSSR count). The first-order valence-electron chi connectivity index (χ1n) is 5.63. The molecule has 0 radical (unpaired) electrons. The van der Waals surface area contributed by atoms with E-state index in [0.29, 0.717) is 12.4 Å². The van der Waals surface area contributed by atoms with Gasteiger partial charge in [0.1, 0.15) is 5.75 Å². The van der Waals surface area contributed by atoms with Gasteiger partial charge in [-0.15, -0.1) is 0 Å². The van der Waals surface area contributed by atoms with Crippen molar-refractivity contribution < 1.29 is 9.66 Å². The number of ether oxygens (including phenoxy) is 1. The molecule has 0 amide bonds. The summed E-state index contributed by atoms with van der Waals surface area (Å²) in [6.07, 6.45) is 3.55. The second kappa shape index (κ2) is 4.96. The summed E-state index contributed by atoms with van der Waals surface area (Å²) in [6, 6.07) is 6.21. The van der Waals surface area contributed by atoms with E-state index in [1.807, 2.05) is 0 Å². The maximum absolute atomic E-state index is 10.5. The SMILES string of the molecule is O=[N+]([O-])c1ccc(OCC2(CS)CCC2)cc1. The lowest BCUT2D eigenvalue weighted by Gasteiger charge is -2.40. The van der Waals surface area contributed by atoms with Gasteiger partial charge in [0.2, 0.25) is 0 Å². The van der Waals surface area contributed by atoms with Crippen LogP contribution in [0.3, 0.4) is 0 Å². The molecule has 0 N–H and O–H groups in total. The Bertz CT molecular complexity index is 395. The molecule has 1 aromatic carbocycles. The highest BCUT2D eigenvalue weighted by molar-refractivity contribution is 7.80. The highest BCUT2D eigenvalue weighted by Crippen LogP contribution is 2.42. The number of nitro benzene ring substituents is 1. The van der Waals surface area contributed by atoms with Crippen LogP contribution in [0.2, 0.25) is 0 Å². The molecular formula is C12H15NO3S. The summed E-state index contributed by atoms with van der Waals surface area (Å²) in [7, 11) is 0. The van der Waals surface area contributed by atoms with Crippen LogP contribution in [0.25, 0.3) is 0 Å². The van der Waals surface area contributed by atoms with Gasteiger partial charge in [-0.25, -0.2) is 0 Å². The van der Waals surface area contributed by atoms with Gasteiger partial charge in [0.05, 0.1) is 11.5 Å². The van der Waals surface area contributed by atoms with Crippen LogP contribution in [-0.2, 0) is 0 Å². The van der Waals surface area contributed by atoms with E-state index in [9.17, 15) is 10.1 Å². The fraction of sp³-hybridized carbons (Fsp3) is 0.500. The molecule has 1 fully saturated rings. The lowest BCUT2D eigenvalue weighted by atomic mass is 9.71. The van der Waals surface area contributed by atoms with E-state index >= 15 is 0 Å². The number of non-ortho nitro benzene ring substituents is 1. The van der Waals surface area contributed by atoms with Gasteiger partial charge in [0.25, 0.3) is 5.69 Å². The van der Waals surface area contributed by atoms with Crippen molar-refractivity contribution in [3.63, 3.8) is 0 Å². The van der Waals surface area contributed by atoms with E-state index in [1.165, 1.54) is 18.6 Å². The maximum atomic E-state index is 10.5. The monoisotopic (exact) mass is 253 g/mol. The molecule has 0 atom stereocenters. The summed E-state index contributed by atoms with van der Waals surface area (Å²) in [5.41, 5.74) is 0.301. The fourth-order valence-electron chi connectivity index (χ4n) is 1.93. The van der Waals surface area contributed by atoms with Crippen molar-refractivity contribution in [1.82, 2.24) is 0 Å². The minimum Gasteiger partial charge on any atom is -0.493 e. The van der Waals surface area contributed by atoms with Crippen LogP contribution in [0.15, 0.2) is 24.3 Å². The van der Waals surface area contributed by atoms with Gasteiger partial charge in [-0.2, -0.15) is 12.6 Å². The molecule has 1 aromatic rings. The smallest absolute Gasteiger partial charge is 0.269 e. The van der Waals surface area contributed by atoms with Gasteiger partial charge in [-0.3, -0.25) is 10.1 Å². The van der Waals surface area contributed by atoms with Crippen LogP contribution in [0, 0.1) is 15.5 Å². The second-order valence-corrected chi connectivity index (χ2v) is 4.87. The van der Waals surface area contributed by atoms with Gasteiger partial charge in [-0.1, -0.05) is 6.42 Å². The third-order valence-corrected chi connectivity index (χ3v) is 4.01. The molecule has 17 heavy (non-hydrogen) atoms. The Hall–Kier alpha value is -1.23. The van der Waals surface area contributed by atoms with Crippen LogP contribution in [0.1, 0.15) is 19.3 Å². The third kappa shape index (κ3) is 2.72. The Morgan fingerprint density at radius 2 is 2.00 bits per heavy atom. The van der Waals surface area contributed by atoms with Crippen LogP contribution < -0.4 is 4.74 Å². The highest BCUT2D eigenvalue weighted by atomic mass is 32.1. The summed E-state index contributed by atoms with van der Waals surface area (Å²) < 4.78 is 5.67. The lowest BCUT2D eigenvalue weighted by Crippen LogP contribution is -2.37. The molecule has 0 unspecified atom stereocenters. The molecule has 1 aliphatic rings. The largest absolute Gasteiger partial charge is 0.493 e. The number of benzene rings is 1. The van der Waals surface area contributed by atoms with Gasteiger partial charge >= 0.3 is 0 Å². The van der Waals surface area contributed by atoms with E-state index in [1.54, 1.807) is 12.1 Å². The zero-order valence-corrected chi connectivity index (χ0v) is 10.4. The fourth-order valence-corrected chi connectivity index (χ4v) is 2.33. The van der Waals surface area contributed by atoms with Crippen molar-refractivity contribution in [3.05, 3.63) is 34.4 Å². The summed E-state index contributed by atoms with van der Waals surface area (Å²) in [5, 5.41) is 10.5. The molecule has 0 bridgehead atoms. The number of nitro groups is 1. The zero-order chi connectivity index (χ0) is 12.3. The maximum Gasteiger partial charge on any atom is 0.269 e. The average molecular weight is 253 g/mol. The van der Waals surface area contributed by atoms with Crippen molar-refractivity contribution in [3.8, 4) is 5.75 Å². The minimum absolute atomic E-state index is 0.0879. The first-order valence-corrected chi connectivity index (χ1v) is 6.27. The number of nitrogens with zero attached hydrogens (tertiary/aromatic N) is 1. The van der Waals surface area contributed by atoms with Gasteiger partial charge in [0, 0.05) is 17.5 Å².